The van der Waals surface area contributed by atoms with E-state index in [9.17, 15) is 4.79 Å². The normalized spacial score (nSPS) is 13.9. The van der Waals surface area contributed by atoms with Crippen molar-refractivity contribution >= 4 is 28.9 Å². The summed E-state index contributed by atoms with van der Waals surface area (Å²) < 4.78 is 0. The molecule has 4 N–H and O–H groups in total. The van der Waals surface area contributed by atoms with E-state index in [1.807, 2.05) is 57.3 Å². The molecule has 1 aliphatic heterocycles. The number of rotatable bonds is 5. The van der Waals surface area contributed by atoms with Crippen LogP contribution in [0.5, 0.6) is 0 Å². The molecule has 1 aliphatic rings. The number of anilines is 3. The Morgan fingerprint density at radius 1 is 1.16 bits per heavy atom. The molecule has 0 aliphatic carbocycles. The fraction of sp³-hybridized carbons (Fsp3) is 0.310. The molecule has 0 bridgehead atoms. The van der Waals surface area contributed by atoms with Gasteiger partial charge in [-0.15, -0.1) is 0 Å². The molecule has 8 nitrogen and oxygen atoms in total. The zero-order valence-corrected chi connectivity index (χ0v) is 21.8. The number of carbonyl (C=O) groups is 1. The lowest BCUT2D eigenvalue weighted by Gasteiger charge is -2.36. The predicted octanol–water partition coefficient (Wildman–Crippen LogP) is 3.88. The molecule has 1 aromatic heterocycles. The van der Waals surface area contributed by atoms with E-state index in [0.29, 0.717) is 34.2 Å². The van der Waals surface area contributed by atoms with Crippen LogP contribution >= 0.6 is 0 Å². The van der Waals surface area contributed by atoms with E-state index in [2.05, 4.69) is 44.0 Å². The van der Waals surface area contributed by atoms with E-state index in [-0.39, 0.29) is 17.4 Å². The molecule has 0 spiro atoms. The second kappa shape index (κ2) is 11.2. The van der Waals surface area contributed by atoms with Crippen LogP contribution in [0.25, 0.3) is 0 Å². The predicted molar refractivity (Wildman–Crippen MR) is 149 cm³/mol. The Morgan fingerprint density at radius 2 is 1.92 bits per heavy atom. The summed E-state index contributed by atoms with van der Waals surface area (Å²) in [5, 5.41) is 11.7. The van der Waals surface area contributed by atoms with Gasteiger partial charge < -0.3 is 20.9 Å². The lowest BCUT2D eigenvalue weighted by atomic mass is 10.0. The van der Waals surface area contributed by atoms with Gasteiger partial charge in [0.25, 0.3) is 5.91 Å². The van der Waals surface area contributed by atoms with E-state index < -0.39 is 0 Å². The summed E-state index contributed by atoms with van der Waals surface area (Å²) in [5.74, 6) is 6.71. The second-order valence-corrected chi connectivity index (χ2v) is 9.58. The fourth-order valence-corrected chi connectivity index (χ4v) is 4.47. The first-order valence-electron chi connectivity index (χ1n) is 12.3. The third kappa shape index (κ3) is 6.13. The highest BCUT2D eigenvalue weighted by Crippen LogP contribution is 2.26. The Labute approximate surface area is 218 Å². The molecular formula is C29H33N7O. The Bertz CT molecular complexity index is 1380. The maximum atomic E-state index is 12.7. The van der Waals surface area contributed by atoms with Crippen molar-refractivity contribution < 1.29 is 4.79 Å². The van der Waals surface area contributed by atoms with Crippen LogP contribution in [0.3, 0.4) is 0 Å². The summed E-state index contributed by atoms with van der Waals surface area (Å²) in [6.07, 6.45) is 3.45. The molecule has 1 amide bonds. The Balaban J connectivity index is 1.56. The number of nitrogen functional groups attached to an aromatic ring is 1. The van der Waals surface area contributed by atoms with Gasteiger partial charge in [0.1, 0.15) is 23.7 Å². The molecule has 1 saturated heterocycles. The molecule has 190 valence electrons. The SMILES string of the molecule is Cc1cccc(C(=O)Nc2ccc(C)c(C#CC(=N)c3c(N)ncnc3N(C)C3CCN(C)CC3)c2)c1. The van der Waals surface area contributed by atoms with Crippen molar-refractivity contribution in [2.45, 2.75) is 32.7 Å². The quantitative estimate of drug-likeness (QED) is 0.366. The number of likely N-dealkylation sites (tertiary alicyclic amines) is 1. The lowest BCUT2D eigenvalue weighted by molar-refractivity contribution is 0.102. The molecule has 8 heteroatoms. The first kappa shape index (κ1) is 25.9. The fourth-order valence-electron chi connectivity index (χ4n) is 4.47. The Morgan fingerprint density at radius 3 is 2.65 bits per heavy atom. The van der Waals surface area contributed by atoms with Gasteiger partial charge in [-0.25, -0.2) is 9.97 Å². The topological polar surface area (TPSA) is 111 Å². The van der Waals surface area contributed by atoms with Crippen LogP contribution in [0.4, 0.5) is 17.3 Å². The second-order valence-electron chi connectivity index (χ2n) is 9.58. The number of carbonyl (C=O) groups excluding carboxylic acids is 1. The average molecular weight is 496 g/mol. The van der Waals surface area contributed by atoms with Gasteiger partial charge in [0.15, 0.2) is 0 Å². The third-order valence-corrected chi connectivity index (χ3v) is 6.77. The highest BCUT2D eigenvalue weighted by molar-refractivity contribution is 6.16. The summed E-state index contributed by atoms with van der Waals surface area (Å²) in [7, 11) is 4.12. The largest absolute Gasteiger partial charge is 0.383 e. The zero-order chi connectivity index (χ0) is 26.5. The summed E-state index contributed by atoms with van der Waals surface area (Å²) in [4.78, 5) is 25.7. The van der Waals surface area contributed by atoms with Crippen molar-refractivity contribution in [3.63, 3.8) is 0 Å². The number of aromatic nitrogens is 2. The number of amides is 1. The molecule has 4 rings (SSSR count). The number of nitrogens with two attached hydrogens (primary N) is 1. The Kier molecular flexibility index (Phi) is 7.85. The molecule has 2 aromatic carbocycles. The molecule has 2 heterocycles. The van der Waals surface area contributed by atoms with Crippen molar-refractivity contribution in [1.29, 1.82) is 5.41 Å². The molecular weight excluding hydrogens is 462 g/mol. The number of aryl methyl sites for hydroxylation is 2. The molecule has 0 unspecified atom stereocenters. The standard InChI is InChI=1S/C29H33N7O/c1-19-6-5-7-22(16-19)29(37)34-23-10-8-20(2)21(17-23)9-11-25(30)26-27(31)32-18-33-28(26)36(4)24-12-14-35(3)15-13-24/h5-8,10,16-18,24,30H,12-15H2,1-4H3,(H,34,37)(H2,31,32,33). The van der Waals surface area contributed by atoms with Gasteiger partial charge in [-0.2, -0.15) is 0 Å². The maximum absolute atomic E-state index is 12.7. The summed E-state index contributed by atoms with van der Waals surface area (Å²) in [5.41, 5.74) is 10.6. The smallest absolute Gasteiger partial charge is 0.255 e. The van der Waals surface area contributed by atoms with Gasteiger partial charge >= 0.3 is 0 Å². The molecule has 0 radical (unpaired) electrons. The minimum Gasteiger partial charge on any atom is -0.383 e. The van der Waals surface area contributed by atoms with Crippen LogP contribution in [0.2, 0.25) is 0 Å². The van der Waals surface area contributed by atoms with Crippen molar-refractivity contribution in [2.24, 2.45) is 0 Å². The number of hydrogen-bond donors (Lipinski definition) is 3. The van der Waals surface area contributed by atoms with Crippen molar-refractivity contribution in [2.75, 3.05) is 43.1 Å². The van der Waals surface area contributed by atoms with Crippen LogP contribution in [0.15, 0.2) is 48.8 Å². The summed E-state index contributed by atoms with van der Waals surface area (Å²) in [6, 6.07) is 13.3. The summed E-state index contributed by atoms with van der Waals surface area (Å²) >= 11 is 0. The van der Waals surface area contributed by atoms with Gasteiger partial charge in [-0.1, -0.05) is 29.7 Å². The first-order valence-corrected chi connectivity index (χ1v) is 12.3. The lowest BCUT2D eigenvalue weighted by Crippen LogP contribution is -2.42. The van der Waals surface area contributed by atoms with E-state index in [0.717, 1.165) is 37.1 Å². The number of benzene rings is 2. The highest BCUT2D eigenvalue weighted by Gasteiger charge is 2.25. The Hall–Kier alpha value is -4.22. The van der Waals surface area contributed by atoms with E-state index in [1.54, 1.807) is 6.07 Å². The van der Waals surface area contributed by atoms with Gasteiger partial charge in [0, 0.05) is 29.9 Å². The number of piperidine rings is 1. The van der Waals surface area contributed by atoms with Gasteiger partial charge in [-0.3, -0.25) is 10.2 Å². The molecule has 3 aromatic rings. The minimum absolute atomic E-state index is 0.0569. The van der Waals surface area contributed by atoms with Crippen LogP contribution in [0, 0.1) is 31.1 Å². The average Bonchev–Trinajstić information content (AvgIpc) is 2.88. The zero-order valence-electron chi connectivity index (χ0n) is 21.8. The van der Waals surface area contributed by atoms with Crippen LogP contribution in [0.1, 0.15) is 45.5 Å². The number of nitrogens with one attached hydrogen (secondary N) is 2. The van der Waals surface area contributed by atoms with Crippen molar-refractivity contribution in [3.8, 4) is 11.8 Å². The van der Waals surface area contributed by atoms with Crippen molar-refractivity contribution in [1.82, 2.24) is 14.9 Å². The first-order chi connectivity index (χ1) is 17.7. The van der Waals surface area contributed by atoms with E-state index >= 15 is 0 Å². The van der Waals surface area contributed by atoms with E-state index in [1.165, 1.54) is 6.33 Å². The van der Waals surface area contributed by atoms with Crippen molar-refractivity contribution in [3.05, 3.63) is 76.6 Å². The number of nitrogens with zero attached hydrogens (tertiary/aromatic N) is 4. The molecule has 0 saturated carbocycles. The highest BCUT2D eigenvalue weighted by atomic mass is 16.1. The van der Waals surface area contributed by atoms with Crippen LogP contribution in [-0.2, 0) is 0 Å². The van der Waals surface area contributed by atoms with Crippen LogP contribution in [-0.4, -0.2) is 59.7 Å². The third-order valence-electron chi connectivity index (χ3n) is 6.77. The van der Waals surface area contributed by atoms with Gasteiger partial charge in [0.2, 0.25) is 0 Å². The minimum atomic E-state index is -0.185. The maximum Gasteiger partial charge on any atom is 0.255 e. The summed E-state index contributed by atoms with van der Waals surface area (Å²) in [6.45, 7) is 5.92. The van der Waals surface area contributed by atoms with Gasteiger partial charge in [-0.05, 0) is 82.6 Å². The van der Waals surface area contributed by atoms with Gasteiger partial charge in [0.05, 0.1) is 5.56 Å². The molecule has 0 atom stereocenters. The monoisotopic (exact) mass is 495 g/mol. The molecule has 1 fully saturated rings. The molecule has 37 heavy (non-hydrogen) atoms. The van der Waals surface area contributed by atoms with Crippen LogP contribution < -0.4 is 16.0 Å². The van der Waals surface area contributed by atoms with E-state index in [4.69, 9.17) is 11.1 Å². The number of hydrogen-bond acceptors (Lipinski definition) is 7.